The number of aryl methyl sites for hydroxylation is 1. The van der Waals surface area contributed by atoms with Crippen molar-refractivity contribution in [3.63, 3.8) is 0 Å². The van der Waals surface area contributed by atoms with Crippen LogP contribution in [-0.2, 0) is 0 Å². The summed E-state index contributed by atoms with van der Waals surface area (Å²) in [6.45, 7) is 4.01. The normalized spacial score (nSPS) is 12.1. The summed E-state index contributed by atoms with van der Waals surface area (Å²) >= 11 is 1.63. The van der Waals surface area contributed by atoms with E-state index in [9.17, 15) is 4.79 Å². The van der Waals surface area contributed by atoms with Gasteiger partial charge in [-0.1, -0.05) is 6.07 Å². The number of anilines is 1. The molecule has 0 aliphatic carbocycles. The number of carbonyl (C=O) groups is 1. The second-order valence-corrected chi connectivity index (χ2v) is 5.16. The van der Waals surface area contributed by atoms with Crippen molar-refractivity contribution in [2.45, 2.75) is 19.9 Å². The van der Waals surface area contributed by atoms with Crippen molar-refractivity contribution in [2.75, 3.05) is 5.32 Å². The van der Waals surface area contributed by atoms with E-state index in [0.717, 1.165) is 16.4 Å². The van der Waals surface area contributed by atoms with Crippen molar-refractivity contribution in [2.24, 2.45) is 5.73 Å². The monoisotopic (exact) mass is 261 g/mol. The number of hydrogen-bond donors (Lipinski definition) is 2. The van der Waals surface area contributed by atoms with Crippen LogP contribution in [0.1, 0.15) is 34.0 Å². The number of nitrogens with two attached hydrogens (primary N) is 1. The lowest BCUT2D eigenvalue weighted by atomic mass is 10.1. The highest BCUT2D eigenvalue weighted by Gasteiger charge is 2.09. The van der Waals surface area contributed by atoms with Gasteiger partial charge < -0.3 is 11.1 Å². The van der Waals surface area contributed by atoms with Crippen LogP contribution in [0.3, 0.4) is 0 Å². The number of amides is 1. The zero-order chi connectivity index (χ0) is 13.1. The Bertz CT molecular complexity index is 565. The highest BCUT2D eigenvalue weighted by Crippen LogP contribution is 2.21. The number of rotatable bonds is 4. The van der Waals surface area contributed by atoms with Crippen LogP contribution in [0.2, 0.25) is 0 Å². The number of primary amides is 1. The zero-order valence-corrected chi connectivity index (χ0v) is 11.1. The molecule has 0 saturated carbocycles. The molecule has 0 fully saturated rings. The highest BCUT2D eigenvalue weighted by atomic mass is 32.1. The molecule has 4 nitrogen and oxygen atoms in total. The molecule has 1 amide bonds. The Morgan fingerprint density at radius 1 is 1.50 bits per heavy atom. The number of aromatic nitrogens is 1. The average molecular weight is 261 g/mol. The Kier molecular flexibility index (Phi) is 3.62. The van der Waals surface area contributed by atoms with E-state index in [2.05, 4.69) is 10.3 Å². The van der Waals surface area contributed by atoms with Crippen LogP contribution in [-0.4, -0.2) is 10.9 Å². The molecule has 5 heteroatoms. The standard InChI is InChI=1S/C13H15N3OS/c1-8(12-7-18-9(2)16-12)15-11-5-3-4-10(6-11)13(14)17/h3-8,15H,1-2H3,(H2,14,17). The van der Waals surface area contributed by atoms with Gasteiger partial charge in [0, 0.05) is 16.6 Å². The third-order valence-corrected chi connectivity index (χ3v) is 3.40. The second kappa shape index (κ2) is 5.18. The molecule has 0 radical (unpaired) electrons. The molecule has 1 atom stereocenters. The molecule has 0 bridgehead atoms. The largest absolute Gasteiger partial charge is 0.377 e. The summed E-state index contributed by atoms with van der Waals surface area (Å²) in [5, 5.41) is 6.38. The Hall–Kier alpha value is -1.88. The maximum atomic E-state index is 11.1. The van der Waals surface area contributed by atoms with Gasteiger partial charge in [-0.3, -0.25) is 4.79 Å². The number of carbonyl (C=O) groups excluding carboxylic acids is 1. The molecule has 1 unspecified atom stereocenters. The van der Waals surface area contributed by atoms with Gasteiger partial charge in [-0.25, -0.2) is 4.98 Å². The summed E-state index contributed by atoms with van der Waals surface area (Å²) in [6.07, 6.45) is 0. The van der Waals surface area contributed by atoms with E-state index in [-0.39, 0.29) is 6.04 Å². The van der Waals surface area contributed by atoms with Crippen LogP contribution in [0.15, 0.2) is 29.6 Å². The summed E-state index contributed by atoms with van der Waals surface area (Å²) in [7, 11) is 0. The lowest BCUT2D eigenvalue weighted by Gasteiger charge is -2.13. The van der Waals surface area contributed by atoms with E-state index < -0.39 is 5.91 Å². The number of hydrogen-bond acceptors (Lipinski definition) is 4. The molecule has 3 N–H and O–H groups in total. The first-order valence-electron chi connectivity index (χ1n) is 5.64. The number of nitrogens with one attached hydrogen (secondary N) is 1. The summed E-state index contributed by atoms with van der Waals surface area (Å²) < 4.78 is 0. The van der Waals surface area contributed by atoms with Gasteiger partial charge in [-0.2, -0.15) is 0 Å². The average Bonchev–Trinajstić information content (AvgIpc) is 2.76. The van der Waals surface area contributed by atoms with Crippen molar-refractivity contribution in [1.82, 2.24) is 4.98 Å². The van der Waals surface area contributed by atoms with E-state index in [4.69, 9.17) is 5.73 Å². The highest BCUT2D eigenvalue weighted by molar-refractivity contribution is 7.09. The van der Waals surface area contributed by atoms with Gasteiger partial charge in [0.15, 0.2) is 0 Å². The molecular formula is C13H15N3OS. The Labute approximate surface area is 110 Å². The molecule has 2 aromatic rings. The van der Waals surface area contributed by atoms with E-state index in [0.29, 0.717) is 5.56 Å². The van der Waals surface area contributed by atoms with Gasteiger partial charge in [-0.05, 0) is 32.0 Å². The van der Waals surface area contributed by atoms with Gasteiger partial charge >= 0.3 is 0 Å². The molecule has 1 aromatic heterocycles. The summed E-state index contributed by atoms with van der Waals surface area (Å²) in [6, 6.07) is 7.26. The molecule has 0 saturated heterocycles. The SMILES string of the molecule is Cc1nc(C(C)Nc2cccc(C(N)=O)c2)cs1. The van der Waals surface area contributed by atoms with Crippen molar-refractivity contribution in [3.05, 3.63) is 45.9 Å². The first-order valence-corrected chi connectivity index (χ1v) is 6.52. The van der Waals surface area contributed by atoms with Gasteiger partial charge in [0.1, 0.15) is 0 Å². The van der Waals surface area contributed by atoms with Gasteiger partial charge in [0.25, 0.3) is 0 Å². The van der Waals surface area contributed by atoms with E-state index in [1.807, 2.05) is 25.3 Å². The fourth-order valence-corrected chi connectivity index (χ4v) is 2.37. The van der Waals surface area contributed by atoms with E-state index in [1.165, 1.54) is 0 Å². The number of nitrogens with zero attached hydrogens (tertiary/aromatic N) is 1. The van der Waals surface area contributed by atoms with E-state index in [1.54, 1.807) is 29.5 Å². The first kappa shape index (κ1) is 12.6. The summed E-state index contributed by atoms with van der Waals surface area (Å²) in [4.78, 5) is 15.5. The molecule has 18 heavy (non-hydrogen) atoms. The molecule has 0 spiro atoms. The molecule has 94 valence electrons. The Balaban J connectivity index is 2.14. The quantitative estimate of drug-likeness (QED) is 0.889. The third kappa shape index (κ3) is 2.87. The fourth-order valence-electron chi connectivity index (χ4n) is 1.67. The Morgan fingerprint density at radius 2 is 2.28 bits per heavy atom. The van der Waals surface area contributed by atoms with E-state index >= 15 is 0 Å². The lowest BCUT2D eigenvalue weighted by molar-refractivity contribution is 0.100. The minimum atomic E-state index is -0.421. The molecular weight excluding hydrogens is 246 g/mol. The predicted molar refractivity (Wildman–Crippen MR) is 73.8 cm³/mol. The molecule has 1 heterocycles. The van der Waals surface area contributed by atoms with Crippen LogP contribution in [0.25, 0.3) is 0 Å². The van der Waals surface area contributed by atoms with Gasteiger partial charge in [0.05, 0.1) is 16.7 Å². The van der Waals surface area contributed by atoms with Crippen LogP contribution in [0.4, 0.5) is 5.69 Å². The van der Waals surface area contributed by atoms with Crippen LogP contribution < -0.4 is 11.1 Å². The molecule has 1 aromatic carbocycles. The Morgan fingerprint density at radius 3 is 2.89 bits per heavy atom. The topological polar surface area (TPSA) is 68.0 Å². The molecule has 0 aliphatic rings. The zero-order valence-electron chi connectivity index (χ0n) is 10.3. The predicted octanol–water partition coefficient (Wildman–Crippen LogP) is 2.72. The second-order valence-electron chi connectivity index (χ2n) is 4.10. The smallest absolute Gasteiger partial charge is 0.248 e. The fraction of sp³-hybridized carbons (Fsp3) is 0.231. The minimum Gasteiger partial charge on any atom is -0.377 e. The lowest BCUT2D eigenvalue weighted by Crippen LogP contribution is -2.12. The van der Waals surface area contributed by atoms with Gasteiger partial charge in [-0.15, -0.1) is 11.3 Å². The van der Waals surface area contributed by atoms with Crippen molar-refractivity contribution >= 4 is 22.9 Å². The van der Waals surface area contributed by atoms with Crippen molar-refractivity contribution in [1.29, 1.82) is 0 Å². The number of benzene rings is 1. The van der Waals surface area contributed by atoms with Gasteiger partial charge in [0.2, 0.25) is 5.91 Å². The third-order valence-electron chi connectivity index (χ3n) is 2.61. The van der Waals surface area contributed by atoms with Crippen molar-refractivity contribution < 1.29 is 4.79 Å². The first-order chi connectivity index (χ1) is 8.56. The minimum absolute atomic E-state index is 0.0954. The van der Waals surface area contributed by atoms with Crippen LogP contribution >= 0.6 is 11.3 Å². The summed E-state index contributed by atoms with van der Waals surface area (Å²) in [5.74, 6) is -0.421. The van der Waals surface area contributed by atoms with Crippen LogP contribution in [0.5, 0.6) is 0 Å². The molecule has 2 rings (SSSR count). The van der Waals surface area contributed by atoms with Crippen LogP contribution in [0, 0.1) is 6.92 Å². The van der Waals surface area contributed by atoms with Crippen molar-refractivity contribution in [3.8, 4) is 0 Å². The molecule has 0 aliphatic heterocycles. The maximum Gasteiger partial charge on any atom is 0.248 e. The summed E-state index contributed by atoms with van der Waals surface area (Å²) in [5.41, 5.74) is 7.62. The maximum absolute atomic E-state index is 11.1. The number of thiazole rings is 1.